The second-order valence-electron chi connectivity index (χ2n) is 4.98. The summed E-state index contributed by atoms with van der Waals surface area (Å²) in [5, 5.41) is 7.85. The zero-order valence-corrected chi connectivity index (χ0v) is 14.1. The lowest BCUT2D eigenvalue weighted by molar-refractivity contribution is 0.867. The van der Waals surface area contributed by atoms with Gasteiger partial charge in [-0.3, -0.25) is 0 Å². The predicted molar refractivity (Wildman–Crippen MR) is 96.8 cm³/mol. The van der Waals surface area contributed by atoms with Crippen molar-refractivity contribution in [3.05, 3.63) is 58.1 Å². The molecule has 0 fully saturated rings. The summed E-state index contributed by atoms with van der Waals surface area (Å²) in [6.07, 6.45) is 0. The van der Waals surface area contributed by atoms with Gasteiger partial charge in [0.05, 0.1) is 10.7 Å². The van der Waals surface area contributed by atoms with Crippen molar-refractivity contribution >= 4 is 51.9 Å². The van der Waals surface area contributed by atoms with Crippen LogP contribution in [-0.4, -0.2) is 5.11 Å². The molecule has 21 heavy (non-hydrogen) atoms. The first-order valence-electron chi connectivity index (χ1n) is 6.58. The average Bonchev–Trinajstić information content (AvgIpc) is 2.43. The molecule has 0 saturated heterocycles. The van der Waals surface area contributed by atoms with E-state index in [1.807, 2.05) is 12.1 Å². The highest BCUT2D eigenvalue weighted by Gasteiger charge is 2.05. The summed E-state index contributed by atoms with van der Waals surface area (Å²) < 4.78 is 0. The number of anilines is 2. The van der Waals surface area contributed by atoms with Gasteiger partial charge in [0.25, 0.3) is 0 Å². The number of hydrogen-bond donors (Lipinski definition) is 2. The number of thiocarbonyl (C=S) groups is 1. The van der Waals surface area contributed by atoms with Gasteiger partial charge in [0.2, 0.25) is 0 Å². The van der Waals surface area contributed by atoms with Gasteiger partial charge in [-0.2, -0.15) is 0 Å². The molecule has 0 heterocycles. The molecular weight excluding hydrogens is 323 g/mol. The summed E-state index contributed by atoms with van der Waals surface area (Å²) in [6.45, 7) is 4.31. The number of halogens is 2. The first kappa shape index (κ1) is 16.1. The lowest BCUT2D eigenvalue weighted by Crippen LogP contribution is -2.19. The third-order valence-corrected chi connectivity index (χ3v) is 3.76. The van der Waals surface area contributed by atoms with Gasteiger partial charge in [0, 0.05) is 10.7 Å². The number of nitrogens with one attached hydrogen (secondary N) is 2. The van der Waals surface area contributed by atoms with E-state index in [1.165, 1.54) is 5.56 Å². The van der Waals surface area contributed by atoms with Crippen LogP contribution in [0.25, 0.3) is 0 Å². The average molecular weight is 339 g/mol. The molecule has 0 amide bonds. The zero-order valence-electron chi connectivity index (χ0n) is 11.8. The lowest BCUT2D eigenvalue weighted by Gasteiger charge is -2.13. The molecule has 0 atom stereocenters. The third-order valence-electron chi connectivity index (χ3n) is 2.99. The molecule has 0 unspecified atom stereocenters. The van der Waals surface area contributed by atoms with Crippen molar-refractivity contribution in [2.45, 2.75) is 19.8 Å². The monoisotopic (exact) mass is 338 g/mol. The maximum atomic E-state index is 6.10. The molecule has 5 heteroatoms. The largest absolute Gasteiger partial charge is 0.332 e. The van der Waals surface area contributed by atoms with Crippen LogP contribution in [-0.2, 0) is 0 Å². The Morgan fingerprint density at radius 3 is 2.52 bits per heavy atom. The van der Waals surface area contributed by atoms with Crippen LogP contribution in [0.2, 0.25) is 10.0 Å². The fraction of sp³-hybridized carbons (Fsp3) is 0.188. The summed E-state index contributed by atoms with van der Waals surface area (Å²) in [5.74, 6) is 0.468. The van der Waals surface area contributed by atoms with Crippen LogP contribution < -0.4 is 10.6 Å². The van der Waals surface area contributed by atoms with E-state index in [2.05, 4.69) is 36.6 Å². The van der Waals surface area contributed by atoms with Crippen LogP contribution in [0.5, 0.6) is 0 Å². The minimum absolute atomic E-state index is 0.468. The summed E-state index contributed by atoms with van der Waals surface area (Å²) in [6, 6.07) is 13.4. The van der Waals surface area contributed by atoms with Crippen LogP contribution in [0, 0.1) is 0 Å². The molecule has 0 radical (unpaired) electrons. The fourth-order valence-electron chi connectivity index (χ4n) is 1.85. The fourth-order valence-corrected chi connectivity index (χ4v) is 2.42. The molecule has 0 bridgehead atoms. The van der Waals surface area contributed by atoms with Gasteiger partial charge in [0.15, 0.2) is 5.11 Å². The van der Waals surface area contributed by atoms with Gasteiger partial charge >= 0.3 is 0 Å². The molecule has 0 spiro atoms. The Morgan fingerprint density at radius 1 is 1.05 bits per heavy atom. The van der Waals surface area contributed by atoms with Crippen LogP contribution in [0.4, 0.5) is 11.4 Å². The SMILES string of the molecule is CC(C)c1cccc(NC(=S)Nc2cc(Cl)ccc2Cl)c1. The van der Waals surface area contributed by atoms with Crippen molar-refractivity contribution in [3.8, 4) is 0 Å². The van der Waals surface area contributed by atoms with Crippen molar-refractivity contribution in [2.75, 3.05) is 10.6 Å². The molecule has 110 valence electrons. The van der Waals surface area contributed by atoms with Crippen molar-refractivity contribution in [1.82, 2.24) is 0 Å². The minimum atomic E-state index is 0.468. The second kappa shape index (κ2) is 7.12. The van der Waals surface area contributed by atoms with E-state index in [4.69, 9.17) is 35.4 Å². The Morgan fingerprint density at radius 2 is 1.81 bits per heavy atom. The van der Waals surface area contributed by atoms with Crippen molar-refractivity contribution in [1.29, 1.82) is 0 Å². The van der Waals surface area contributed by atoms with E-state index in [0.717, 1.165) is 5.69 Å². The summed E-state index contributed by atoms with van der Waals surface area (Å²) >= 11 is 17.4. The van der Waals surface area contributed by atoms with E-state index in [0.29, 0.717) is 26.8 Å². The van der Waals surface area contributed by atoms with Gasteiger partial charge in [-0.05, 0) is 54.0 Å². The van der Waals surface area contributed by atoms with Gasteiger partial charge in [-0.25, -0.2) is 0 Å². The molecule has 2 nitrogen and oxygen atoms in total. The summed E-state index contributed by atoms with van der Waals surface area (Å²) in [7, 11) is 0. The van der Waals surface area contributed by atoms with E-state index in [1.54, 1.807) is 18.2 Å². The maximum absolute atomic E-state index is 6.10. The molecule has 0 aliphatic rings. The highest BCUT2D eigenvalue weighted by Crippen LogP contribution is 2.26. The first-order chi connectivity index (χ1) is 9.95. The van der Waals surface area contributed by atoms with E-state index < -0.39 is 0 Å². The zero-order chi connectivity index (χ0) is 15.4. The molecule has 2 N–H and O–H groups in total. The molecule has 0 aliphatic heterocycles. The number of rotatable bonds is 3. The van der Waals surface area contributed by atoms with E-state index in [9.17, 15) is 0 Å². The van der Waals surface area contributed by atoms with E-state index in [-0.39, 0.29) is 0 Å². The quantitative estimate of drug-likeness (QED) is 0.678. The van der Waals surface area contributed by atoms with Gasteiger partial charge in [0.1, 0.15) is 0 Å². The molecule has 2 aromatic carbocycles. The third kappa shape index (κ3) is 4.60. The number of benzene rings is 2. The van der Waals surface area contributed by atoms with Gasteiger partial charge < -0.3 is 10.6 Å². The molecule has 0 saturated carbocycles. The van der Waals surface area contributed by atoms with E-state index >= 15 is 0 Å². The smallest absolute Gasteiger partial charge is 0.175 e. The van der Waals surface area contributed by atoms with Crippen molar-refractivity contribution in [2.24, 2.45) is 0 Å². The van der Waals surface area contributed by atoms with Gasteiger partial charge in [-0.1, -0.05) is 49.2 Å². The Labute approximate surface area is 140 Å². The molecule has 2 rings (SSSR count). The topological polar surface area (TPSA) is 24.1 Å². The maximum Gasteiger partial charge on any atom is 0.175 e. The number of hydrogen-bond acceptors (Lipinski definition) is 1. The standard InChI is InChI=1S/C16H16Cl2N2S/c1-10(2)11-4-3-5-13(8-11)19-16(21)20-15-9-12(17)6-7-14(15)18/h3-10H,1-2H3,(H2,19,20,21). The molecule has 0 aromatic heterocycles. The lowest BCUT2D eigenvalue weighted by atomic mass is 10.0. The highest BCUT2D eigenvalue weighted by molar-refractivity contribution is 7.80. The van der Waals surface area contributed by atoms with Crippen LogP contribution in [0.1, 0.15) is 25.3 Å². The van der Waals surface area contributed by atoms with Crippen LogP contribution in [0.3, 0.4) is 0 Å². The molecular formula is C16H16Cl2N2S. The molecule has 0 aliphatic carbocycles. The molecule has 2 aromatic rings. The Hall–Kier alpha value is -1.29. The Bertz CT molecular complexity index is 656. The second-order valence-corrected chi connectivity index (χ2v) is 6.24. The summed E-state index contributed by atoms with van der Waals surface area (Å²) in [4.78, 5) is 0. The van der Waals surface area contributed by atoms with Gasteiger partial charge in [-0.15, -0.1) is 0 Å². The van der Waals surface area contributed by atoms with Crippen molar-refractivity contribution < 1.29 is 0 Å². The highest BCUT2D eigenvalue weighted by atomic mass is 35.5. The summed E-state index contributed by atoms with van der Waals surface area (Å²) in [5.41, 5.74) is 2.88. The Kier molecular flexibility index (Phi) is 5.45. The first-order valence-corrected chi connectivity index (χ1v) is 7.75. The normalized spacial score (nSPS) is 10.5. The van der Waals surface area contributed by atoms with Crippen LogP contribution in [0.15, 0.2) is 42.5 Å². The Balaban J connectivity index is 2.08. The van der Waals surface area contributed by atoms with Crippen molar-refractivity contribution in [3.63, 3.8) is 0 Å². The predicted octanol–water partition coefficient (Wildman–Crippen LogP) is 5.93. The minimum Gasteiger partial charge on any atom is -0.332 e. The van der Waals surface area contributed by atoms with Crippen LogP contribution >= 0.6 is 35.4 Å².